The van der Waals surface area contributed by atoms with Crippen LogP contribution in [0.3, 0.4) is 0 Å². The van der Waals surface area contributed by atoms with Gasteiger partial charge in [-0.2, -0.15) is 0 Å². The fourth-order valence-corrected chi connectivity index (χ4v) is 3.02. The first-order valence-corrected chi connectivity index (χ1v) is 8.41. The van der Waals surface area contributed by atoms with E-state index in [0.717, 1.165) is 11.3 Å². The molecule has 0 spiro atoms. The first-order valence-electron chi connectivity index (χ1n) is 6.93. The van der Waals surface area contributed by atoms with Crippen LogP contribution in [0.15, 0.2) is 41.7 Å². The summed E-state index contributed by atoms with van der Waals surface area (Å²) in [6.07, 6.45) is 7.22. The van der Waals surface area contributed by atoms with Crippen LogP contribution >= 0.6 is 0 Å². The van der Waals surface area contributed by atoms with Crippen molar-refractivity contribution in [3.63, 3.8) is 0 Å². The van der Waals surface area contributed by atoms with Gasteiger partial charge >= 0.3 is 0 Å². The molecule has 0 saturated heterocycles. The highest BCUT2D eigenvalue weighted by Crippen LogP contribution is 2.19. The maximum Gasteiger partial charge on any atom is 0.242 e. The van der Waals surface area contributed by atoms with E-state index >= 15 is 0 Å². The smallest absolute Gasteiger partial charge is 0.242 e. The van der Waals surface area contributed by atoms with Gasteiger partial charge < -0.3 is 10.3 Å². The number of rotatable bonds is 7. The number of pyridine rings is 1. The minimum atomic E-state index is -3.49. The van der Waals surface area contributed by atoms with Crippen LogP contribution in [0, 0.1) is 0 Å². The molecule has 0 aliphatic heterocycles. The summed E-state index contributed by atoms with van der Waals surface area (Å²) in [6.45, 7) is 0.927. The number of aromatic nitrogens is 2. The molecule has 2 aromatic rings. The second-order valence-electron chi connectivity index (χ2n) is 5.20. The van der Waals surface area contributed by atoms with Gasteiger partial charge in [0.25, 0.3) is 0 Å². The predicted molar refractivity (Wildman–Crippen MR) is 78.9 cm³/mol. The van der Waals surface area contributed by atoms with E-state index in [2.05, 4.69) is 20.0 Å². The van der Waals surface area contributed by atoms with Gasteiger partial charge in [-0.05, 0) is 36.6 Å². The molecule has 21 heavy (non-hydrogen) atoms. The summed E-state index contributed by atoms with van der Waals surface area (Å²) in [5.74, 6) is 0. The maximum absolute atomic E-state index is 12.2. The summed E-state index contributed by atoms with van der Waals surface area (Å²) in [5.41, 5.74) is 1.76. The lowest BCUT2D eigenvalue weighted by atomic mass is 10.3. The van der Waals surface area contributed by atoms with E-state index in [0.29, 0.717) is 12.6 Å². The van der Waals surface area contributed by atoms with E-state index in [9.17, 15) is 8.42 Å². The number of sulfonamides is 1. The zero-order chi connectivity index (χ0) is 14.7. The molecule has 3 N–H and O–H groups in total. The van der Waals surface area contributed by atoms with Crippen molar-refractivity contribution < 1.29 is 8.42 Å². The summed E-state index contributed by atoms with van der Waals surface area (Å²) in [6, 6.07) is 5.83. The van der Waals surface area contributed by atoms with E-state index in [1.165, 1.54) is 19.0 Å². The fourth-order valence-electron chi connectivity index (χ4n) is 1.98. The van der Waals surface area contributed by atoms with E-state index in [4.69, 9.17) is 0 Å². The largest absolute Gasteiger partial charge is 0.363 e. The van der Waals surface area contributed by atoms with Crippen LogP contribution in [0.2, 0.25) is 0 Å². The summed E-state index contributed by atoms with van der Waals surface area (Å²) >= 11 is 0. The van der Waals surface area contributed by atoms with Crippen LogP contribution in [0.4, 0.5) is 0 Å². The number of hydrogen-bond acceptors (Lipinski definition) is 4. The Bertz CT molecular complexity index is 693. The minimum Gasteiger partial charge on any atom is -0.363 e. The van der Waals surface area contributed by atoms with Gasteiger partial charge in [-0.15, -0.1) is 0 Å². The number of nitrogens with zero attached hydrogens (tertiary/aromatic N) is 1. The van der Waals surface area contributed by atoms with Crippen molar-refractivity contribution >= 4 is 10.0 Å². The lowest BCUT2D eigenvalue weighted by Crippen LogP contribution is -2.22. The van der Waals surface area contributed by atoms with E-state index < -0.39 is 10.0 Å². The molecule has 0 radical (unpaired) electrons. The van der Waals surface area contributed by atoms with Gasteiger partial charge in [-0.3, -0.25) is 4.98 Å². The van der Waals surface area contributed by atoms with Crippen LogP contribution in [-0.2, 0) is 23.1 Å². The molecule has 2 heterocycles. The summed E-state index contributed by atoms with van der Waals surface area (Å²) in [4.78, 5) is 7.17. The second kappa shape index (κ2) is 5.97. The Morgan fingerprint density at radius 2 is 2.00 bits per heavy atom. The van der Waals surface area contributed by atoms with Gasteiger partial charge in [-0.25, -0.2) is 13.1 Å². The Labute approximate surface area is 124 Å². The molecule has 1 aliphatic rings. The highest BCUT2D eigenvalue weighted by atomic mass is 32.2. The second-order valence-corrected chi connectivity index (χ2v) is 6.96. The molecule has 3 rings (SSSR count). The fraction of sp³-hybridized carbons (Fsp3) is 0.357. The zero-order valence-corrected chi connectivity index (χ0v) is 12.4. The monoisotopic (exact) mass is 306 g/mol. The Morgan fingerprint density at radius 3 is 2.71 bits per heavy atom. The lowest BCUT2D eigenvalue weighted by Gasteiger charge is -2.04. The minimum absolute atomic E-state index is 0.256. The van der Waals surface area contributed by atoms with Crippen LogP contribution in [0.25, 0.3) is 0 Å². The summed E-state index contributed by atoms with van der Waals surface area (Å²) < 4.78 is 27.0. The van der Waals surface area contributed by atoms with E-state index in [1.54, 1.807) is 30.6 Å². The third kappa shape index (κ3) is 3.90. The highest BCUT2D eigenvalue weighted by Gasteiger charge is 2.21. The first kappa shape index (κ1) is 14.2. The molecule has 0 amide bonds. The molecule has 2 aromatic heterocycles. The molecule has 112 valence electrons. The SMILES string of the molecule is O=S(=O)(NCc1ccncc1)c1c[nH]c(CNC2CC2)c1. The maximum atomic E-state index is 12.2. The summed E-state index contributed by atoms with van der Waals surface area (Å²) in [5, 5.41) is 3.34. The van der Waals surface area contributed by atoms with Crippen molar-refractivity contribution in [1.29, 1.82) is 0 Å². The average molecular weight is 306 g/mol. The lowest BCUT2D eigenvalue weighted by molar-refractivity contribution is 0.581. The third-order valence-corrected chi connectivity index (χ3v) is 4.78. The molecule has 0 unspecified atom stereocenters. The number of nitrogens with one attached hydrogen (secondary N) is 3. The van der Waals surface area contributed by atoms with Crippen molar-refractivity contribution in [3.05, 3.63) is 48.0 Å². The van der Waals surface area contributed by atoms with Gasteiger partial charge in [0, 0.05) is 43.4 Å². The molecule has 1 aliphatic carbocycles. The molecule has 0 aromatic carbocycles. The topological polar surface area (TPSA) is 86.9 Å². The van der Waals surface area contributed by atoms with Crippen LogP contribution in [0.1, 0.15) is 24.1 Å². The van der Waals surface area contributed by atoms with Crippen molar-refractivity contribution in [1.82, 2.24) is 20.0 Å². The molecule has 1 fully saturated rings. The Kier molecular flexibility index (Phi) is 4.05. The quantitative estimate of drug-likeness (QED) is 0.716. The van der Waals surface area contributed by atoms with Gasteiger partial charge in [0.2, 0.25) is 10.0 Å². The third-order valence-electron chi connectivity index (χ3n) is 3.40. The van der Waals surface area contributed by atoms with Crippen LogP contribution in [0.5, 0.6) is 0 Å². The van der Waals surface area contributed by atoms with Crippen LogP contribution in [-0.4, -0.2) is 24.4 Å². The Morgan fingerprint density at radius 1 is 1.24 bits per heavy atom. The van der Waals surface area contributed by atoms with Gasteiger partial charge in [0.1, 0.15) is 0 Å². The summed E-state index contributed by atoms with van der Waals surface area (Å²) in [7, 11) is -3.49. The van der Waals surface area contributed by atoms with Crippen molar-refractivity contribution in [2.45, 2.75) is 36.9 Å². The van der Waals surface area contributed by atoms with Gasteiger partial charge in [-0.1, -0.05) is 0 Å². The first-order chi connectivity index (χ1) is 10.1. The molecular weight excluding hydrogens is 288 g/mol. The molecule has 1 saturated carbocycles. The molecule has 7 heteroatoms. The number of hydrogen-bond donors (Lipinski definition) is 3. The molecule has 0 bridgehead atoms. The zero-order valence-electron chi connectivity index (χ0n) is 11.5. The van der Waals surface area contributed by atoms with Crippen molar-refractivity contribution in [2.24, 2.45) is 0 Å². The van der Waals surface area contributed by atoms with Crippen molar-refractivity contribution in [2.75, 3.05) is 0 Å². The Hall–Kier alpha value is -1.70. The molecular formula is C14H18N4O2S. The average Bonchev–Trinajstić information content (AvgIpc) is 3.20. The highest BCUT2D eigenvalue weighted by molar-refractivity contribution is 7.89. The normalized spacial score (nSPS) is 15.2. The van der Waals surface area contributed by atoms with Gasteiger partial charge in [0.15, 0.2) is 0 Å². The number of H-pyrrole nitrogens is 1. The standard InChI is InChI=1S/C14H18N4O2S/c19-21(20,18-8-11-3-5-15-6-4-11)14-7-13(17-10-14)9-16-12-1-2-12/h3-7,10,12,16-18H,1-2,8-9H2. The van der Waals surface area contributed by atoms with E-state index in [1.807, 2.05) is 0 Å². The molecule has 0 atom stereocenters. The van der Waals surface area contributed by atoms with Crippen molar-refractivity contribution in [3.8, 4) is 0 Å². The molecule has 6 nitrogen and oxygen atoms in total. The van der Waals surface area contributed by atoms with Crippen LogP contribution < -0.4 is 10.0 Å². The van der Waals surface area contributed by atoms with Gasteiger partial charge in [0.05, 0.1) is 4.90 Å². The predicted octanol–water partition coefficient (Wildman–Crippen LogP) is 1.14. The number of aromatic amines is 1. The Balaban J connectivity index is 1.61. The van der Waals surface area contributed by atoms with E-state index in [-0.39, 0.29) is 11.4 Å².